The number of hydrogen-bond acceptors (Lipinski definition) is 4. The predicted molar refractivity (Wildman–Crippen MR) is 1.37 cm³/mol. The molecule has 7 heteroatoms. The maximum absolute atomic E-state index is 8.44. The van der Waals surface area contributed by atoms with Gasteiger partial charge >= 0.3 is 64.0 Å². The Morgan fingerprint density at radius 3 is 1.00 bits per heavy atom. The zero-order chi connectivity index (χ0) is 5.41. The van der Waals surface area contributed by atoms with E-state index in [0.717, 1.165) is 0 Å². The van der Waals surface area contributed by atoms with Crippen LogP contribution in [0.25, 0.3) is 0 Å². The molecule has 0 heterocycles. The fraction of sp³-hybridized carbons (Fsp3) is 0. The Morgan fingerprint density at radius 2 is 1.00 bits per heavy atom. The first-order valence-electron chi connectivity index (χ1n) is 0.667. The van der Waals surface area contributed by atoms with E-state index < -0.39 is 31.0 Å². The molecule has 0 aromatic rings. The van der Waals surface area contributed by atoms with Crippen LogP contribution in [-0.4, -0.2) is 0 Å². The van der Waals surface area contributed by atoms with Crippen molar-refractivity contribution in [3.63, 3.8) is 0 Å². The molecule has 0 aromatic carbocycles. The van der Waals surface area contributed by atoms with Crippen LogP contribution in [0.5, 0.6) is 0 Å². The molecule has 7 heavy (non-hydrogen) atoms. The van der Waals surface area contributed by atoms with E-state index in [1.165, 1.54) is 0 Å². The monoisotopic (exact) mass is 224 g/mol. The summed E-state index contributed by atoms with van der Waals surface area (Å²) in [5.41, 5.74) is 0. The molecule has 44 valence electrons. The second kappa shape index (κ2) is 27.5. The molecule has 0 amide bonds. The molecule has 0 aliphatic heterocycles. The SMILES string of the molecule is [Fe+2].[O]=[Cr][O-].[O]=[Cr][O-]. The zero-order valence-corrected chi connectivity index (χ0v) is 6.46. The van der Waals surface area contributed by atoms with Crippen molar-refractivity contribution in [3.8, 4) is 0 Å². The average molecular weight is 224 g/mol. The van der Waals surface area contributed by atoms with Crippen LogP contribution in [0.4, 0.5) is 0 Å². The van der Waals surface area contributed by atoms with E-state index in [4.69, 9.17) is 15.9 Å². The molecule has 0 saturated carbocycles. The summed E-state index contributed by atoms with van der Waals surface area (Å²) in [4.78, 5) is 0. The molecule has 0 radical (unpaired) electrons. The van der Waals surface area contributed by atoms with E-state index in [2.05, 4.69) is 0 Å². The second-order valence-corrected chi connectivity index (χ2v) is 0.561. The van der Waals surface area contributed by atoms with Crippen molar-refractivity contribution in [2.75, 3.05) is 0 Å². The van der Waals surface area contributed by atoms with Crippen LogP contribution in [0, 0.1) is 0 Å². The van der Waals surface area contributed by atoms with Crippen LogP contribution in [-0.2, 0) is 55.7 Å². The number of hydrogen-bond donors (Lipinski definition) is 0. The third kappa shape index (κ3) is 152. The van der Waals surface area contributed by atoms with Gasteiger partial charge in [-0.25, -0.2) is 0 Å². The van der Waals surface area contributed by atoms with E-state index in [0.29, 0.717) is 0 Å². The summed E-state index contributed by atoms with van der Waals surface area (Å²) in [7, 11) is 0. The van der Waals surface area contributed by atoms with Crippen LogP contribution in [0.3, 0.4) is 0 Å². The van der Waals surface area contributed by atoms with Crippen molar-refractivity contribution >= 4 is 0 Å². The topological polar surface area (TPSA) is 80.3 Å². The summed E-state index contributed by atoms with van der Waals surface area (Å²) in [6.45, 7) is 0. The number of rotatable bonds is 0. The van der Waals surface area contributed by atoms with Gasteiger partial charge in [-0.15, -0.1) is 0 Å². The summed E-state index contributed by atoms with van der Waals surface area (Å²) < 4.78 is 33.8. The molecule has 0 spiro atoms. The fourth-order valence-electron chi connectivity index (χ4n) is 0. The van der Waals surface area contributed by atoms with Crippen molar-refractivity contribution < 1.29 is 64.0 Å². The second-order valence-electron chi connectivity index (χ2n) is 0.136. The molecule has 0 bridgehead atoms. The van der Waals surface area contributed by atoms with E-state index >= 15 is 0 Å². The van der Waals surface area contributed by atoms with Gasteiger partial charge in [0, 0.05) is 0 Å². The Kier molecular flexibility index (Phi) is 61.6. The summed E-state index contributed by atoms with van der Waals surface area (Å²) in [5.74, 6) is 0. The van der Waals surface area contributed by atoms with Crippen LogP contribution in [0.2, 0.25) is 0 Å². The third-order valence-corrected chi connectivity index (χ3v) is 0. The van der Waals surface area contributed by atoms with Crippen molar-refractivity contribution in [1.29, 1.82) is 0 Å². The summed E-state index contributed by atoms with van der Waals surface area (Å²) in [6, 6.07) is 0. The van der Waals surface area contributed by atoms with E-state index in [9.17, 15) is 0 Å². The van der Waals surface area contributed by atoms with Crippen LogP contribution in [0.1, 0.15) is 0 Å². The van der Waals surface area contributed by atoms with Crippen LogP contribution >= 0.6 is 0 Å². The van der Waals surface area contributed by atoms with Crippen molar-refractivity contribution in [3.05, 3.63) is 0 Å². The molecule has 4 nitrogen and oxygen atoms in total. The Labute approximate surface area is 63.9 Å². The normalized spacial score (nSPS) is 3.71. The van der Waals surface area contributed by atoms with Crippen LogP contribution < -0.4 is 8.32 Å². The van der Waals surface area contributed by atoms with Gasteiger partial charge < -0.3 is 0 Å². The van der Waals surface area contributed by atoms with Gasteiger partial charge in [0.1, 0.15) is 0 Å². The van der Waals surface area contributed by atoms with Gasteiger partial charge in [0.25, 0.3) is 0 Å². The molecular formula is Cr2FeO4. The molecule has 0 N–H and O–H groups in total. The Bertz CT molecular complexity index is 30.7. The van der Waals surface area contributed by atoms with Gasteiger partial charge in [0.15, 0.2) is 0 Å². The van der Waals surface area contributed by atoms with Gasteiger partial charge in [-0.05, 0) is 0 Å². The predicted octanol–water partition coefficient (Wildman–Crippen LogP) is -2.62. The zero-order valence-electron chi connectivity index (χ0n) is 2.80. The van der Waals surface area contributed by atoms with Crippen molar-refractivity contribution in [2.45, 2.75) is 0 Å². The van der Waals surface area contributed by atoms with Gasteiger partial charge in [-0.1, -0.05) is 0 Å². The standard InChI is InChI=1S/2Cr.Fe.4O/q;;+2;;;2*-1. The molecule has 0 aromatic heterocycles. The molecule has 0 rings (SSSR count). The van der Waals surface area contributed by atoms with E-state index in [1.807, 2.05) is 0 Å². The van der Waals surface area contributed by atoms with E-state index in [1.54, 1.807) is 0 Å². The van der Waals surface area contributed by atoms with Gasteiger partial charge in [-0.2, -0.15) is 0 Å². The van der Waals surface area contributed by atoms with Crippen molar-refractivity contribution in [1.82, 2.24) is 0 Å². The summed E-state index contributed by atoms with van der Waals surface area (Å²) in [5, 5.41) is 0. The molecule has 0 atom stereocenters. The first-order valence-corrected chi connectivity index (χ1v) is 2.75. The minimum atomic E-state index is -1.62. The molecule has 0 aliphatic rings. The van der Waals surface area contributed by atoms with Gasteiger partial charge in [0.05, 0.1) is 0 Å². The van der Waals surface area contributed by atoms with Crippen LogP contribution in [0.15, 0.2) is 0 Å². The molecule has 0 saturated heterocycles. The molecular weight excluding hydrogens is 224 g/mol. The Balaban J connectivity index is -0.0000000400. The first kappa shape index (κ1) is 15.7. The third-order valence-electron chi connectivity index (χ3n) is 0. The summed E-state index contributed by atoms with van der Waals surface area (Å²) >= 11 is -3.25. The maximum atomic E-state index is 8.44. The Morgan fingerprint density at radius 1 is 1.00 bits per heavy atom. The Hall–Kier alpha value is 1.10. The minimum absolute atomic E-state index is 0. The van der Waals surface area contributed by atoms with Crippen molar-refractivity contribution in [2.24, 2.45) is 0 Å². The fourth-order valence-corrected chi connectivity index (χ4v) is 0. The van der Waals surface area contributed by atoms with E-state index in [-0.39, 0.29) is 17.1 Å². The quantitative estimate of drug-likeness (QED) is 0.421. The molecule has 0 fully saturated rings. The molecule has 0 unspecified atom stereocenters. The molecule has 0 aliphatic carbocycles. The summed E-state index contributed by atoms with van der Waals surface area (Å²) in [6.07, 6.45) is 0. The average Bonchev–Trinajstić information content (AvgIpc) is 1.39. The van der Waals surface area contributed by atoms with Gasteiger partial charge in [-0.3, -0.25) is 0 Å². The van der Waals surface area contributed by atoms with Gasteiger partial charge in [0.2, 0.25) is 0 Å². The first-order chi connectivity index (χ1) is 2.83.